The molecule has 1 aliphatic rings. The smallest absolute Gasteiger partial charge is 0.297 e. The van der Waals surface area contributed by atoms with E-state index in [2.05, 4.69) is 22.5 Å². The van der Waals surface area contributed by atoms with Crippen molar-refractivity contribution in [2.24, 2.45) is 0 Å². The van der Waals surface area contributed by atoms with Crippen LogP contribution in [0, 0.1) is 0 Å². The SMILES string of the molecule is CCC1Cn2c(nc3ccccc32)O1. The van der Waals surface area contributed by atoms with Crippen LogP contribution in [0.4, 0.5) is 0 Å². The Labute approximate surface area is 82.3 Å². The number of benzene rings is 1. The summed E-state index contributed by atoms with van der Waals surface area (Å²) >= 11 is 0. The van der Waals surface area contributed by atoms with Crippen LogP contribution in [0.3, 0.4) is 0 Å². The van der Waals surface area contributed by atoms with Crippen molar-refractivity contribution in [1.82, 2.24) is 9.55 Å². The highest BCUT2D eigenvalue weighted by Gasteiger charge is 2.24. The van der Waals surface area contributed by atoms with E-state index in [-0.39, 0.29) is 0 Å². The molecule has 0 saturated heterocycles. The highest BCUT2D eigenvalue weighted by atomic mass is 16.5. The van der Waals surface area contributed by atoms with Crippen molar-refractivity contribution < 1.29 is 4.74 Å². The molecule has 2 aromatic rings. The number of hydrogen-bond donors (Lipinski definition) is 0. The number of nitrogens with zero attached hydrogens (tertiary/aromatic N) is 2. The van der Waals surface area contributed by atoms with Crippen molar-refractivity contribution in [2.75, 3.05) is 0 Å². The fourth-order valence-corrected chi connectivity index (χ4v) is 1.92. The Bertz CT molecular complexity index is 475. The van der Waals surface area contributed by atoms with E-state index in [4.69, 9.17) is 4.74 Å². The van der Waals surface area contributed by atoms with Crippen LogP contribution < -0.4 is 4.74 Å². The summed E-state index contributed by atoms with van der Waals surface area (Å²) in [6.45, 7) is 3.08. The lowest BCUT2D eigenvalue weighted by molar-refractivity contribution is 0.221. The Balaban J connectivity index is 2.16. The zero-order chi connectivity index (χ0) is 9.54. The van der Waals surface area contributed by atoms with Gasteiger partial charge in [-0.15, -0.1) is 0 Å². The molecular formula is C11H12N2O. The maximum Gasteiger partial charge on any atom is 0.297 e. The molecule has 0 aliphatic carbocycles. The predicted octanol–water partition coefficient (Wildman–Crippen LogP) is 2.21. The second-order valence-electron chi connectivity index (χ2n) is 3.64. The first kappa shape index (κ1) is 7.85. The molecule has 0 spiro atoms. The van der Waals surface area contributed by atoms with Crippen LogP contribution >= 0.6 is 0 Å². The number of rotatable bonds is 1. The van der Waals surface area contributed by atoms with Gasteiger partial charge < -0.3 is 4.74 Å². The predicted molar refractivity (Wildman–Crippen MR) is 54.4 cm³/mol. The van der Waals surface area contributed by atoms with Crippen molar-refractivity contribution in [3.05, 3.63) is 24.3 Å². The van der Waals surface area contributed by atoms with Crippen LogP contribution in [-0.4, -0.2) is 15.7 Å². The molecule has 14 heavy (non-hydrogen) atoms. The average Bonchev–Trinajstić information content (AvgIpc) is 2.73. The first-order valence-electron chi connectivity index (χ1n) is 5.00. The van der Waals surface area contributed by atoms with Gasteiger partial charge in [0.25, 0.3) is 6.01 Å². The van der Waals surface area contributed by atoms with Crippen molar-refractivity contribution in [3.8, 4) is 6.01 Å². The molecule has 3 rings (SSSR count). The topological polar surface area (TPSA) is 27.1 Å². The molecule has 3 heteroatoms. The molecule has 0 amide bonds. The van der Waals surface area contributed by atoms with E-state index >= 15 is 0 Å². The van der Waals surface area contributed by atoms with Gasteiger partial charge in [-0.25, -0.2) is 0 Å². The second kappa shape index (κ2) is 2.74. The van der Waals surface area contributed by atoms with E-state index in [1.165, 1.54) is 5.52 Å². The van der Waals surface area contributed by atoms with Gasteiger partial charge >= 0.3 is 0 Å². The summed E-state index contributed by atoms with van der Waals surface area (Å²) in [7, 11) is 0. The van der Waals surface area contributed by atoms with Gasteiger partial charge in [-0.3, -0.25) is 4.57 Å². The Morgan fingerprint density at radius 1 is 1.50 bits per heavy atom. The summed E-state index contributed by atoms with van der Waals surface area (Å²) in [6, 6.07) is 8.93. The summed E-state index contributed by atoms with van der Waals surface area (Å²) in [5, 5.41) is 0. The zero-order valence-electron chi connectivity index (χ0n) is 8.10. The fraction of sp³-hybridized carbons (Fsp3) is 0.364. The molecule has 1 unspecified atom stereocenters. The molecule has 2 heterocycles. The van der Waals surface area contributed by atoms with Crippen molar-refractivity contribution in [2.45, 2.75) is 26.0 Å². The number of hydrogen-bond acceptors (Lipinski definition) is 2. The van der Waals surface area contributed by atoms with Crippen molar-refractivity contribution in [1.29, 1.82) is 0 Å². The number of fused-ring (bicyclic) bond motifs is 3. The van der Waals surface area contributed by atoms with Crippen LogP contribution in [0.2, 0.25) is 0 Å². The van der Waals surface area contributed by atoms with E-state index in [1.54, 1.807) is 0 Å². The lowest BCUT2D eigenvalue weighted by Gasteiger charge is -2.04. The van der Waals surface area contributed by atoms with Crippen LogP contribution in [0.5, 0.6) is 6.01 Å². The van der Waals surface area contributed by atoms with Gasteiger partial charge in [-0.05, 0) is 18.6 Å². The number of aromatic nitrogens is 2. The van der Waals surface area contributed by atoms with Crippen LogP contribution in [0.15, 0.2) is 24.3 Å². The average molecular weight is 188 g/mol. The van der Waals surface area contributed by atoms with E-state index < -0.39 is 0 Å². The summed E-state index contributed by atoms with van der Waals surface area (Å²) in [6.07, 6.45) is 1.35. The lowest BCUT2D eigenvalue weighted by atomic mass is 10.2. The van der Waals surface area contributed by atoms with Crippen LogP contribution in [0.25, 0.3) is 11.0 Å². The third-order valence-corrected chi connectivity index (χ3v) is 2.73. The molecule has 0 saturated carbocycles. The van der Waals surface area contributed by atoms with Crippen molar-refractivity contribution >= 4 is 11.0 Å². The van der Waals surface area contributed by atoms with Gasteiger partial charge in [-0.2, -0.15) is 4.98 Å². The highest BCUT2D eigenvalue weighted by Crippen LogP contribution is 2.28. The minimum Gasteiger partial charge on any atom is -0.459 e. The monoisotopic (exact) mass is 188 g/mol. The van der Waals surface area contributed by atoms with Gasteiger partial charge in [0.05, 0.1) is 17.6 Å². The maximum atomic E-state index is 5.69. The number of ether oxygens (including phenoxy) is 1. The summed E-state index contributed by atoms with van der Waals surface area (Å²) in [5.41, 5.74) is 2.20. The van der Waals surface area contributed by atoms with Crippen LogP contribution in [-0.2, 0) is 6.54 Å². The third-order valence-electron chi connectivity index (χ3n) is 2.73. The number of imidazole rings is 1. The molecular weight excluding hydrogens is 176 g/mol. The standard InChI is InChI=1S/C11H12N2O/c1-2-8-7-13-10-6-4-3-5-9(10)12-11(13)14-8/h3-6,8H,2,7H2,1H3. The quantitative estimate of drug-likeness (QED) is 0.686. The maximum absolute atomic E-state index is 5.69. The van der Waals surface area contributed by atoms with Gasteiger partial charge in [0.15, 0.2) is 0 Å². The highest BCUT2D eigenvalue weighted by molar-refractivity contribution is 5.76. The first-order chi connectivity index (χ1) is 6.88. The first-order valence-corrected chi connectivity index (χ1v) is 5.00. The van der Waals surface area contributed by atoms with E-state index in [9.17, 15) is 0 Å². The third kappa shape index (κ3) is 0.953. The number of para-hydroxylation sites is 2. The van der Waals surface area contributed by atoms with Gasteiger partial charge in [0, 0.05) is 0 Å². The summed E-state index contributed by atoms with van der Waals surface area (Å²) in [4.78, 5) is 4.43. The minimum absolute atomic E-state index is 0.308. The Morgan fingerprint density at radius 3 is 3.21 bits per heavy atom. The molecule has 1 aliphatic heterocycles. The molecule has 3 nitrogen and oxygen atoms in total. The molecule has 0 fully saturated rings. The molecule has 0 bridgehead atoms. The van der Waals surface area contributed by atoms with Gasteiger partial charge in [0.1, 0.15) is 6.10 Å². The summed E-state index contributed by atoms with van der Waals surface area (Å²) < 4.78 is 7.85. The molecule has 0 radical (unpaired) electrons. The Morgan fingerprint density at radius 2 is 2.36 bits per heavy atom. The van der Waals surface area contributed by atoms with E-state index in [0.717, 1.165) is 24.5 Å². The van der Waals surface area contributed by atoms with Crippen LogP contribution in [0.1, 0.15) is 13.3 Å². The molecule has 1 atom stereocenters. The second-order valence-corrected chi connectivity index (χ2v) is 3.64. The largest absolute Gasteiger partial charge is 0.459 e. The van der Waals surface area contributed by atoms with E-state index in [0.29, 0.717) is 6.10 Å². The fourth-order valence-electron chi connectivity index (χ4n) is 1.92. The Kier molecular flexibility index (Phi) is 1.54. The lowest BCUT2D eigenvalue weighted by Crippen LogP contribution is -2.12. The molecule has 0 N–H and O–H groups in total. The summed E-state index contributed by atoms with van der Waals surface area (Å²) in [5.74, 6) is 0. The van der Waals surface area contributed by atoms with Gasteiger partial charge in [0.2, 0.25) is 0 Å². The minimum atomic E-state index is 0.308. The van der Waals surface area contributed by atoms with Crippen molar-refractivity contribution in [3.63, 3.8) is 0 Å². The molecule has 1 aromatic heterocycles. The van der Waals surface area contributed by atoms with Gasteiger partial charge in [-0.1, -0.05) is 19.1 Å². The molecule has 1 aromatic carbocycles. The molecule has 72 valence electrons. The normalized spacial score (nSPS) is 19.6. The Hall–Kier alpha value is -1.51. The zero-order valence-corrected chi connectivity index (χ0v) is 8.10. The van der Waals surface area contributed by atoms with E-state index in [1.807, 2.05) is 18.2 Å².